The fourth-order valence-electron chi connectivity index (χ4n) is 1.74. The van der Waals surface area contributed by atoms with Gasteiger partial charge >= 0.3 is 0 Å². The van der Waals surface area contributed by atoms with Gasteiger partial charge in [0, 0.05) is 21.5 Å². The van der Waals surface area contributed by atoms with E-state index in [9.17, 15) is 0 Å². The summed E-state index contributed by atoms with van der Waals surface area (Å²) in [6, 6.07) is 8.93. The molecule has 0 saturated heterocycles. The summed E-state index contributed by atoms with van der Waals surface area (Å²) in [5, 5.41) is 13.2. The number of hydrogen-bond donors (Lipinski definition) is 0. The van der Waals surface area contributed by atoms with E-state index in [0.717, 1.165) is 12.8 Å². The largest absolute Gasteiger partial charge is 0.311 e. The summed E-state index contributed by atoms with van der Waals surface area (Å²) in [6.45, 7) is 4.08. The van der Waals surface area contributed by atoms with Crippen LogP contribution < -0.4 is 4.89 Å². The lowest BCUT2D eigenvalue weighted by Gasteiger charge is -2.06. The molecule has 0 fully saturated rings. The van der Waals surface area contributed by atoms with Crippen LogP contribution in [0.15, 0.2) is 42.2 Å². The van der Waals surface area contributed by atoms with Gasteiger partial charge in [-0.25, -0.2) is 0 Å². The quantitative estimate of drug-likeness (QED) is 0.233. The zero-order valence-corrected chi connectivity index (χ0v) is 12.7. The van der Waals surface area contributed by atoms with Crippen LogP contribution in [0.1, 0.15) is 52.4 Å². The second kappa shape index (κ2) is 12.2. The third-order valence-electron chi connectivity index (χ3n) is 2.92. The molecule has 1 aromatic rings. The van der Waals surface area contributed by atoms with E-state index in [1.807, 2.05) is 31.2 Å². The molecule has 0 spiro atoms. The van der Waals surface area contributed by atoms with Crippen molar-refractivity contribution in [2.75, 3.05) is 0 Å². The predicted octanol–water partition coefficient (Wildman–Crippen LogP) is 5.06. The van der Waals surface area contributed by atoms with Gasteiger partial charge in [-0.3, -0.25) is 0 Å². The summed E-state index contributed by atoms with van der Waals surface area (Å²) < 4.78 is 0. The molecule has 0 radical (unpaired) electrons. The third-order valence-corrected chi connectivity index (χ3v) is 2.92. The topological polar surface area (TPSA) is 46.2 Å². The van der Waals surface area contributed by atoms with E-state index in [1.165, 1.54) is 25.7 Å². The van der Waals surface area contributed by atoms with Gasteiger partial charge in [-0.15, -0.1) is 0 Å². The van der Waals surface area contributed by atoms with Crippen LogP contribution in [-0.4, -0.2) is 0 Å². The van der Waals surface area contributed by atoms with Crippen LogP contribution >= 0.6 is 0 Å². The fraction of sp³-hybridized carbons (Fsp3) is 0.500. The van der Waals surface area contributed by atoms with Gasteiger partial charge in [-0.2, -0.15) is 0 Å². The minimum absolute atomic E-state index is 0.503. The van der Waals surface area contributed by atoms with Crippen LogP contribution in [0.4, 0.5) is 0 Å². The van der Waals surface area contributed by atoms with Crippen LogP contribution in [0.3, 0.4) is 0 Å². The van der Waals surface area contributed by atoms with Gasteiger partial charge in [0.15, 0.2) is 5.75 Å². The summed E-state index contributed by atoms with van der Waals surface area (Å²) >= 11 is 0. The molecule has 0 amide bonds. The van der Waals surface area contributed by atoms with Crippen molar-refractivity contribution in [3.8, 4) is 5.75 Å². The molecule has 5 nitrogen and oxygen atoms in total. The summed E-state index contributed by atoms with van der Waals surface area (Å²) in [5.74, 6) is 1.21. The van der Waals surface area contributed by atoms with Crippen LogP contribution in [-0.2, 0) is 20.0 Å². The molecule has 21 heavy (non-hydrogen) atoms. The molecule has 0 N–H and O–H groups in total. The second-order valence-electron chi connectivity index (χ2n) is 4.60. The zero-order chi connectivity index (χ0) is 15.2. The Hall–Kier alpha value is -1.56. The molecule has 0 aromatic heterocycles. The van der Waals surface area contributed by atoms with Crippen molar-refractivity contribution < 1.29 is 24.9 Å². The monoisotopic (exact) mass is 296 g/mol. The number of rotatable bonds is 12. The van der Waals surface area contributed by atoms with Gasteiger partial charge in [0.2, 0.25) is 0 Å². The zero-order valence-electron chi connectivity index (χ0n) is 12.7. The van der Waals surface area contributed by atoms with E-state index in [4.69, 9.17) is 9.78 Å². The van der Waals surface area contributed by atoms with Gasteiger partial charge in [-0.05, 0) is 31.6 Å². The summed E-state index contributed by atoms with van der Waals surface area (Å²) in [5.41, 5.74) is 0. The Morgan fingerprint density at radius 2 is 1.71 bits per heavy atom. The Morgan fingerprint density at radius 1 is 0.952 bits per heavy atom. The molecule has 0 aliphatic heterocycles. The lowest BCUT2D eigenvalue weighted by atomic mass is 10.1. The van der Waals surface area contributed by atoms with Gasteiger partial charge < -0.3 is 9.78 Å². The molecule has 118 valence electrons. The Bertz CT molecular complexity index is 378. The molecular weight excluding hydrogens is 272 g/mol. The maximum Gasteiger partial charge on any atom is 0.168 e. The maximum atomic E-state index is 4.97. The highest BCUT2D eigenvalue weighted by Gasteiger charge is 2.01. The highest BCUT2D eigenvalue weighted by molar-refractivity contribution is 5.19. The lowest BCUT2D eigenvalue weighted by Crippen LogP contribution is -2.02. The highest BCUT2D eigenvalue weighted by atomic mass is 17.8. The Morgan fingerprint density at radius 3 is 2.43 bits per heavy atom. The molecule has 0 heterocycles. The number of allylic oxidation sites excluding steroid dienone is 2. The van der Waals surface area contributed by atoms with Gasteiger partial charge in [0.1, 0.15) is 5.76 Å². The highest BCUT2D eigenvalue weighted by Crippen LogP contribution is 2.13. The molecule has 5 heteroatoms. The van der Waals surface area contributed by atoms with Crippen LogP contribution in [0.2, 0.25) is 0 Å². The second-order valence-corrected chi connectivity index (χ2v) is 4.60. The van der Waals surface area contributed by atoms with Crippen molar-refractivity contribution in [2.45, 2.75) is 52.4 Å². The van der Waals surface area contributed by atoms with Crippen molar-refractivity contribution >= 4 is 0 Å². The molecule has 1 rings (SSSR count). The molecule has 0 atom stereocenters. The SMILES string of the molecule is CC=C(CCCCCCC)OOOOOc1ccccc1. The van der Waals surface area contributed by atoms with Crippen LogP contribution in [0, 0.1) is 0 Å². The van der Waals surface area contributed by atoms with Gasteiger partial charge in [0.25, 0.3) is 0 Å². The van der Waals surface area contributed by atoms with E-state index in [-0.39, 0.29) is 0 Å². The van der Waals surface area contributed by atoms with E-state index in [1.54, 1.807) is 12.1 Å². The molecule has 0 aliphatic rings. The summed E-state index contributed by atoms with van der Waals surface area (Å²) in [7, 11) is 0. The summed E-state index contributed by atoms with van der Waals surface area (Å²) in [6.07, 6.45) is 8.65. The van der Waals surface area contributed by atoms with Gasteiger partial charge in [0.05, 0.1) is 0 Å². The number of unbranched alkanes of at least 4 members (excludes halogenated alkanes) is 4. The van der Waals surface area contributed by atoms with E-state index in [0.29, 0.717) is 11.5 Å². The lowest BCUT2D eigenvalue weighted by molar-refractivity contribution is -0.685. The minimum Gasteiger partial charge on any atom is -0.311 e. The first-order valence-corrected chi connectivity index (χ1v) is 7.41. The Balaban J connectivity index is 2.02. The molecule has 1 aromatic carbocycles. The standard InChI is InChI=1S/C16H24O5/c1-3-5-6-7-9-12-15(4-2)17-19-21-20-18-16-13-10-8-11-14-16/h4,8,10-11,13-14H,3,5-7,9,12H2,1-2H3. The van der Waals surface area contributed by atoms with Crippen LogP contribution in [0.25, 0.3) is 0 Å². The average Bonchev–Trinajstić information content (AvgIpc) is 2.53. The third kappa shape index (κ3) is 9.07. The van der Waals surface area contributed by atoms with E-state index < -0.39 is 0 Å². The van der Waals surface area contributed by atoms with Crippen molar-refractivity contribution in [1.82, 2.24) is 0 Å². The molecule has 0 unspecified atom stereocenters. The predicted molar refractivity (Wildman–Crippen MR) is 78.5 cm³/mol. The van der Waals surface area contributed by atoms with Crippen LogP contribution in [0.5, 0.6) is 5.75 Å². The Kier molecular flexibility index (Phi) is 10.2. The smallest absolute Gasteiger partial charge is 0.168 e. The van der Waals surface area contributed by atoms with Crippen molar-refractivity contribution in [2.24, 2.45) is 0 Å². The first-order chi connectivity index (χ1) is 10.4. The Labute approximate surface area is 126 Å². The number of benzene rings is 1. The molecule has 0 bridgehead atoms. The summed E-state index contributed by atoms with van der Waals surface area (Å²) in [4.78, 5) is 9.77. The van der Waals surface area contributed by atoms with Crippen molar-refractivity contribution in [3.63, 3.8) is 0 Å². The molecule has 0 aliphatic carbocycles. The van der Waals surface area contributed by atoms with Crippen molar-refractivity contribution in [3.05, 3.63) is 42.2 Å². The first kappa shape index (κ1) is 17.5. The minimum atomic E-state index is 0.503. The van der Waals surface area contributed by atoms with E-state index in [2.05, 4.69) is 22.0 Å². The van der Waals surface area contributed by atoms with Crippen molar-refractivity contribution in [1.29, 1.82) is 0 Å². The maximum absolute atomic E-state index is 4.97. The molecule has 0 saturated carbocycles. The fourth-order valence-corrected chi connectivity index (χ4v) is 1.74. The van der Waals surface area contributed by atoms with Gasteiger partial charge in [-0.1, -0.05) is 50.8 Å². The average molecular weight is 296 g/mol. The van der Waals surface area contributed by atoms with E-state index >= 15 is 0 Å². The number of para-hydroxylation sites is 1. The number of hydrogen-bond acceptors (Lipinski definition) is 5. The normalized spacial score (nSPS) is 11.4. The first-order valence-electron chi connectivity index (χ1n) is 7.41. The molecular formula is C16H24O5.